The molecule has 2 bridgehead atoms. The number of methoxy groups -OCH3 is 2. The summed E-state index contributed by atoms with van der Waals surface area (Å²) in [5.41, 5.74) is 2.80. The Morgan fingerprint density at radius 2 is 1.81 bits per heavy atom. The highest BCUT2D eigenvalue weighted by Gasteiger charge is 2.48. The summed E-state index contributed by atoms with van der Waals surface area (Å²) in [4.78, 5) is 21.2. The van der Waals surface area contributed by atoms with Gasteiger partial charge in [-0.3, -0.25) is 14.6 Å². The van der Waals surface area contributed by atoms with E-state index < -0.39 is 26.8 Å². The van der Waals surface area contributed by atoms with Crippen LogP contribution in [0.1, 0.15) is 74.4 Å². The Bertz CT molecular complexity index is 1710. The lowest BCUT2D eigenvalue weighted by atomic mass is 9.63. The Morgan fingerprint density at radius 3 is 2.51 bits per heavy atom. The number of rotatable bonds is 6. The lowest BCUT2D eigenvalue weighted by Crippen LogP contribution is -2.59. The quantitative estimate of drug-likeness (QED) is 0.346. The van der Waals surface area contributed by atoms with Gasteiger partial charge in [0.05, 0.1) is 12.3 Å². The number of nitrogens with one attached hydrogen (secondary N) is 1. The van der Waals surface area contributed by atoms with Gasteiger partial charge in [-0.05, 0) is 112 Å². The Balaban J connectivity index is 1.40. The number of aryl methyl sites for hydroxylation is 1. The molecule has 2 fully saturated rings. The minimum atomic E-state index is -4.10. The number of piperazine rings is 1. The Hall–Kier alpha value is -2.67. The average Bonchev–Trinajstić information content (AvgIpc) is 3.14. The second-order valence-corrected chi connectivity index (χ2v) is 18.2. The van der Waals surface area contributed by atoms with E-state index in [1.54, 1.807) is 6.07 Å². The fourth-order valence-corrected chi connectivity index (χ4v) is 10.5. The number of ether oxygens (including phenoxy) is 3. The predicted molar refractivity (Wildman–Crippen MR) is 211 cm³/mol. The molecule has 3 heterocycles. The van der Waals surface area contributed by atoms with Crippen LogP contribution in [0.5, 0.6) is 5.75 Å². The van der Waals surface area contributed by atoms with Crippen molar-refractivity contribution >= 4 is 33.2 Å². The number of allylic oxidation sites excluding steroid dienone is 1. The van der Waals surface area contributed by atoms with Crippen LogP contribution in [0.3, 0.4) is 0 Å². The highest BCUT2D eigenvalue weighted by atomic mass is 35.5. The SMILES string of the molecule is COC[C@@H]1[C@@H](C)C/C=C/[C@](CN2CCN(C(C)C)CC2)(OC)[C@@H]2CC[C@H]2CN2CCCCc3cc(Cl)ccc3COc3ccc(cc32)C(=O)NS1(=O)=O. The number of benzene rings is 2. The fraction of sp³-hybridized carbons (Fsp3) is 0.634. The number of carbonyl (C=O) groups excluding carboxylic acids is 1. The molecule has 1 saturated carbocycles. The number of halogens is 1. The van der Waals surface area contributed by atoms with Gasteiger partial charge >= 0.3 is 0 Å². The molecule has 0 aromatic heterocycles. The van der Waals surface area contributed by atoms with Crippen molar-refractivity contribution in [1.29, 1.82) is 0 Å². The van der Waals surface area contributed by atoms with Gasteiger partial charge in [-0.25, -0.2) is 13.1 Å². The molecule has 5 atom stereocenters. The van der Waals surface area contributed by atoms with E-state index in [1.165, 1.54) is 12.7 Å². The van der Waals surface area contributed by atoms with Crippen LogP contribution >= 0.6 is 11.6 Å². The van der Waals surface area contributed by atoms with Crippen LogP contribution in [-0.4, -0.2) is 108 Å². The van der Waals surface area contributed by atoms with E-state index in [2.05, 4.69) is 45.4 Å². The predicted octanol–water partition coefficient (Wildman–Crippen LogP) is 6.17. The van der Waals surface area contributed by atoms with Crippen LogP contribution < -0.4 is 14.4 Å². The minimum absolute atomic E-state index is 0.0314. The number of amides is 1. The van der Waals surface area contributed by atoms with Crippen molar-refractivity contribution in [3.8, 4) is 5.75 Å². The number of sulfonamides is 1. The molecule has 53 heavy (non-hydrogen) atoms. The van der Waals surface area contributed by atoms with Gasteiger partial charge in [0.2, 0.25) is 10.0 Å². The zero-order valence-electron chi connectivity index (χ0n) is 32.2. The molecule has 1 saturated heterocycles. The third kappa shape index (κ3) is 9.24. The topological polar surface area (TPSA) is 101 Å². The van der Waals surface area contributed by atoms with Crippen LogP contribution in [0.4, 0.5) is 5.69 Å². The smallest absolute Gasteiger partial charge is 0.264 e. The summed E-state index contributed by atoms with van der Waals surface area (Å²) < 4.78 is 48.8. The highest BCUT2D eigenvalue weighted by Crippen LogP contribution is 2.47. The first-order valence-corrected chi connectivity index (χ1v) is 21.4. The molecule has 6 rings (SSSR count). The third-order valence-corrected chi connectivity index (χ3v) is 14.3. The Labute approximate surface area is 322 Å². The molecule has 1 N–H and O–H groups in total. The number of anilines is 1. The van der Waals surface area contributed by atoms with Gasteiger partial charge in [0, 0.05) is 76.7 Å². The van der Waals surface area contributed by atoms with Gasteiger partial charge in [0.25, 0.3) is 5.91 Å². The summed E-state index contributed by atoms with van der Waals surface area (Å²) in [6.45, 7) is 13.1. The van der Waals surface area contributed by atoms with Crippen molar-refractivity contribution in [1.82, 2.24) is 14.5 Å². The first kappa shape index (κ1) is 40.0. The lowest BCUT2D eigenvalue weighted by molar-refractivity contribution is -0.0960. The maximum Gasteiger partial charge on any atom is 0.264 e. The second-order valence-electron chi connectivity index (χ2n) is 15.9. The van der Waals surface area contributed by atoms with Gasteiger partial charge in [-0.2, -0.15) is 0 Å². The van der Waals surface area contributed by atoms with Crippen LogP contribution in [0.25, 0.3) is 0 Å². The van der Waals surface area contributed by atoms with Crippen LogP contribution in [0, 0.1) is 17.8 Å². The van der Waals surface area contributed by atoms with Crippen molar-refractivity contribution in [3.05, 3.63) is 70.3 Å². The molecular weight excluding hydrogens is 712 g/mol. The second kappa shape index (κ2) is 17.4. The maximum absolute atomic E-state index is 13.9. The van der Waals surface area contributed by atoms with Gasteiger partial charge in [0.1, 0.15) is 23.2 Å². The minimum Gasteiger partial charge on any atom is -0.487 e. The molecule has 10 nitrogen and oxygen atoms in total. The van der Waals surface area contributed by atoms with E-state index in [1.807, 2.05) is 44.4 Å². The molecule has 2 aromatic rings. The largest absolute Gasteiger partial charge is 0.487 e. The van der Waals surface area contributed by atoms with Gasteiger partial charge in [-0.1, -0.05) is 36.7 Å². The summed E-state index contributed by atoms with van der Waals surface area (Å²) in [5, 5.41) is -0.217. The monoisotopic (exact) mass is 770 g/mol. The number of fused-ring (bicyclic) bond motifs is 3. The zero-order valence-corrected chi connectivity index (χ0v) is 33.8. The molecule has 1 aliphatic carbocycles. The number of nitrogens with zero attached hydrogens (tertiary/aromatic N) is 3. The third-order valence-electron chi connectivity index (χ3n) is 12.2. The summed E-state index contributed by atoms with van der Waals surface area (Å²) in [6, 6.07) is 11.8. The van der Waals surface area contributed by atoms with Crippen molar-refractivity contribution in [2.24, 2.45) is 17.8 Å². The molecule has 0 radical (unpaired) electrons. The van der Waals surface area contributed by atoms with E-state index >= 15 is 0 Å². The summed E-state index contributed by atoms with van der Waals surface area (Å²) in [6.07, 6.45) is 9.77. The molecule has 0 spiro atoms. The maximum atomic E-state index is 13.9. The number of carbonyl (C=O) groups is 1. The Morgan fingerprint density at radius 1 is 1.02 bits per heavy atom. The molecule has 0 unspecified atom stereocenters. The van der Waals surface area contributed by atoms with Crippen molar-refractivity contribution in [2.75, 3.05) is 71.5 Å². The normalized spacial score (nSPS) is 29.5. The summed E-state index contributed by atoms with van der Waals surface area (Å²) >= 11 is 6.41. The number of hydrogen-bond donors (Lipinski definition) is 1. The van der Waals surface area contributed by atoms with E-state index in [9.17, 15) is 13.2 Å². The first-order chi connectivity index (χ1) is 25.4. The molecule has 3 aliphatic heterocycles. The molecule has 4 aliphatic rings. The summed E-state index contributed by atoms with van der Waals surface area (Å²) in [5.74, 6) is 0.287. The van der Waals surface area contributed by atoms with Crippen LogP contribution in [0.2, 0.25) is 5.02 Å². The van der Waals surface area contributed by atoms with Crippen LogP contribution in [0.15, 0.2) is 48.6 Å². The molecule has 12 heteroatoms. The van der Waals surface area contributed by atoms with Crippen molar-refractivity contribution in [2.45, 2.75) is 82.8 Å². The highest BCUT2D eigenvalue weighted by molar-refractivity contribution is 7.90. The van der Waals surface area contributed by atoms with Gasteiger partial charge in [0.15, 0.2) is 0 Å². The Kier molecular flexibility index (Phi) is 13.1. The standard InChI is InChI=1S/C41H59ClN4O6S/c1-29(2)45-21-19-44(20-22-45)28-41(51-5)17-8-9-30(3)39(27-50-4)53(48,49)43-40(47)32-13-16-38-37(24-32)46(25-33-12-15-36(33)41)18-7-6-10-31-23-35(42)14-11-34(31)26-52-38/h8,11,13-14,16-17,23-24,29-30,33,36,39H,6-7,9-10,12,15,18-22,25-28H2,1-5H3,(H,43,47)/b17-8+/t30-,33-,36+,39+,41+/m0/s1. The van der Waals surface area contributed by atoms with E-state index in [0.717, 1.165) is 89.2 Å². The summed E-state index contributed by atoms with van der Waals surface area (Å²) in [7, 11) is -0.762. The molecular formula is C41H59ClN4O6S. The van der Waals surface area contributed by atoms with Crippen molar-refractivity contribution < 1.29 is 27.4 Å². The average molecular weight is 771 g/mol. The zero-order chi connectivity index (χ0) is 37.8. The van der Waals surface area contributed by atoms with E-state index in [-0.39, 0.29) is 24.0 Å². The molecule has 1 amide bonds. The molecule has 292 valence electrons. The van der Waals surface area contributed by atoms with E-state index in [0.29, 0.717) is 35.8 Å². The van der Waals surface area contributed by atoms with Crippen molar-refractivity contribution in [3.63, 3.8) is 0 Å². The fourth-order valence-electron chi connectivity index (χ4n) is 8.78. The first-order valence-electron chi connectivity index (χ1n) is 19.5. The van der Waals surface area contributed by atoms with Gasteiger partial charge < -0.3 is 19.1 Å². The van der Waals surface area contributed by atoms with E-state index in [4.69, 9.17) is 25.8 Å². The van der Waals surface area contributed by atoms with Crippen LogP contribution in [-0.2, 0) is 32.5 Å². The van der Waals surface area contributed by atoms with Gasteiger partial charge in [-0.15, -0.1) is 0 Å². The number of hydrogen-bond acceptors (Lipinski definition) is 9. The lowest BCUT2D eigenvalue weighted by Gasteiger charge is -2.52. The molecule has 2 aromatic carbocycles.